The van der Waals surface area contributed by atoms with E-state index in [0.29, 0.717) is 17.3 Å². The maximum Gasteiger partial charge on any atom is 0.411 e. The van der Waals surface area contributed by atoms with E-state index >= 15 is 0 Å². The number of halogens is 1. The Hall–Kier alpha value is -2.78. The molecule has 3 aromatic rings. The normalized spacial score (nSPS) is 12.8. The summed E-state index contributed by atoms with van der Waals surface area (Å²) in [5.41, 5.74) is 5.69. The lowest BCUT2D eigenvalue weighted by atomic mass is 9.78. The molecule has 1 aliphatic carbocycles. The fourth-order valence-corrected chi connectivity index (χ4v) is 3.59. The minimum Gasteiger partial charge on any atom is -0.448 e. The van der Waals surface area contributed by atoms with Gasteiger partial charge in [-0.1, -0.05) is 60.1 Å². The second kappa shape index (κ2) is 7.22. The minimum absolute atomic E-state index is 0.0483. The molecule has 0 unspecified atom stereocenters. The highest BCUT2D eigenvalue weighted by atomic mass is 35.5. The van der Waals surface area contributed by atoms with Crippen molar-refractivity contribution in [1.82, 2.24) is 0 Å². The molecule has 0 saturated carbocycles. The predicted molar refractivity (Wildman–Crippen MR) is 104 cm³/mol. The molecule has 0 saturated heterocycles. The first-order chi connectivity index (χ1) is 12.7. The molecule has 0 spiro atoms. The van der Waals surface area contributed by atoms with Gasteiger partial charge >= 0.3 is 6.09 Å². The van der Waals surface area contributed by atoms with E-state index in [2.05, 4.69) is 41.7 Å². The first-order valence-corrected chi connectivity index (χ1v) is 8.93. The van der Waals surface area contributed by atoms with E-state index in [1.54, 1.807) is 24.3 Å². The third-order valence-electron chi connectivity index (χ3n) is 4.71. The molecule has 1 aliphatic rings. The van der Waals surface area contributed by atoms with Crippen molar-refractivity contribution in [2.45, 2.75) is 12.3 Å². The van der Waals surface area contributed by atoms with Crippen molar-refractivity contribution in [3.05, 3.63) is 100 Å². The van der Waals surface area contributed by atoms with Crippen molar-refractivity contribution >= 4 is 23.4 Å². The van der Waals surface area contributed by atoms with Gasteiger partial charge in [0.05, 0.1) is 0 Å². The Kier molecular flexibility index (Phi) is 4.63. The van der Waals surface area contributed by atoms with Gasteiger partial charge in [0.15, 0.2) is 0 Å². The Balaban J connectivity index is 1.51. The SMILES string of the molecule is O=C(Nc1ccc(Cl)cc1)OCC1c2ccccc2Cc2ccccc21. The number of carbonyl (C=O) groups is 1. The number of carbonyl (C=O) groups excluding carboxylic acids is 1. The zero-order valence-electron chi connectivity index (χ0n) is 14.1. The average Bonchev–Trinajstić information content (AvgIpc) is 2.67. The van der Waals surface area contributed by atoms with E-state index in [1.165, 1.54) is 22.3 Å². The van der Waals surface area contributed by atoms with Gasteiger partial charge in [0.1, 0.15) is 6.61 Å². The van der Waals surface area contributed by atoms with Crippen molar-refractivity contribution < 1.29 is 9.53 Å². The van der Waals surface area contributed by atoms with Crippen LogP contribution in [0.25, 0.3) is 0 Å². The Morgan fingerprint density at radius 3 is 2.12 bits per heavy atom. The number of rotatable bonds is 3. The molecule has 0 bridgehead atoms. The molecule has 3 nitrogen and oxygen atoms in total. The fourth-order valence-electron chi connectivity index (χ4n) is 3.47. The van der Waals surface area contributed by atoms with E-state index in [0.717, 1.165) is 6.42 Å². The van der Waals surface area contributed by atoms with Crippen molar-refractivity contribution in [2.75, 3.05) is 11.9 Å². The zero-order valence-corrected chi connectivity index (χ0v) is 14.9. The molecular formula is C22H18ClNO2. The van der Waals surface area contributed by atoms with Crippen LogP contribution in [0.1, 0.15) is 28.2 Å². The second-order valence-electron chi connectivity index (χ2n) is 6.36. The molecule has 1 amide bonds. The maximum absolute atomic E-state index is 12.2. The molecule has 0 heterocycles. The Bertz CT molecular complexity index is 891. The summed E-state index contributed by atoms with van der Waals surface area (Å²) >= 11 is 5.86. The zero-order chi connectivity index (χ0) is 17.9. The number of anilines is 1. The first kappa shape index (κ1) is 16.7. The molecule has 4 rings (SSSR count). The molecule has 1 N–H and O–H groups in total. The third kappa shape index (κ3) is 3.44. The number of hydrogen-bond donors (Lipinski definition) is 1. The van der Waals surface area contributed by atoms with Gasteiger partial charge < -0.3 is 4.74 Å². The van der Waals surface area contributed by atoms with Crippen LogP contribution in [0.3, 0.4) is 0 Å². The lowest BCUT2D eigenvalue weighted by molar-refractivity contribution is 0.157. The van der Waals surface area contributed by atoms with Gasteiger partial charge in [-0.15, -0.1) is 0 Å². The number of amides is 1. The summed E-state index contributed by atoms with van der Waals surface area (Å²) in [4.78, 5) is 12.2. The standard InChI is InChI=1S/C22H18ClNO2/c23-17-9-11-18(12-10-17)24-22(25)26-14-21-19-7-3-1-5-15(19)13-16-6-2-4-8-20(16)21/h1-12,21H,13-14H2,(H,24,25). The number of ether oxygens (including phenoxy) is 1. The van der Waals surface area contributed by atoms with Crippen LogP contribution in [-0.2, 0) is 11.2 Å². The molecule has 4 heteroatoms. The summed E-state index contributed by atoms with van der Waals surface area (Å²) in [6.07, 6.45) is 0.452. The summed E-state index contributed by atoms with van der Waals surface area (Å²) < 4.78 is 5.55. The molecule has 26 heavy (non-hydrogen) atoms. The fraction of sp³-hybridized carbons (Fsp3) is 0.136. The Labute approximate surface area is 157 Å². The highest BCUT2D eigenvalue weighted by molar-refractivity contribution is 6.30. The van der Waals surface area contributed by atoms with Crippen LogP contribution in [0, 0.1) is 0 Å². The van der Waals surface area contributed by atoms with Gasteiger partial charge in [-0.05, 0) is 52.9 Å². The van der Waals surface area contributed by atoms with Crippen LogP contribution < -0.4 is 5.32 Å². The van der Waals surface area contributed by atoms with Gasteiger partial charge in [0.2, 0.25) is 0 Å². The molecule has 0 fully saturated rings. The van der Waals surface area contributed by atoms with E-state index in [-0.39, 0.29) is 5.92 Å². The Morgan fingerprint density at radius 1 is 0.923 bits per heavy atom. The van der Waals surface area contributed by atoms with Crippen LogP contribution in [0.15, 0.2) is 72.8 Å². The van der Waals surface area contributed by atoms with Crippen molar-refractivity contribution in [1.29, 1.82) is 0 Å². The van der Waals surface area contributed by atoms with E-state index in [4.69, 9.17) is 16.3 Å². The average molecular weight is 364 g/mol. The number of fused-ring (bicyclic) bond motifs is 2. The summed E-state index contributed by atoms with van der Waals surface area (Å²) in [5.74, 6) is 0.0483. The minimum atomic E-state index is -0.465. The lowest BCUT2D eigenvalue weighted by Crippen LogP contribution is -2.22. The predicted octanol–water partition coefficient (Wildman–Crippen LogP) is 5.62. The van der Waals surface area contributed by atoms with Gasteiger partial charge in [0.25, 0.3) is 0 Å². The van der Waals surface area contributed by atoms with E-state index < -0.39 is 6.09 Å². The van der Waals surface area contributed by atoms with Crippen molar-refractivity contribution in [3.8, 4) is 0 Å². The summed E-state index contributed by atoms with van der Waals surface area (Å²) in [6, 6.07) is 23.7. The molecule has 0 aliphatic heterocycles. The van der Waals surface area contributed by atoms with Gasteiger partial charge in [-0.25, -0.2) is 4.79 Å². The molecule has 130 valence electrons. The Morgan fingerprint density at radius 2 is 1.50 bits per heavy atom. The quantitative estimate of drug-likeness (QED) is 0.655. The monoisotopic (exact) mass is 363 g/mol. The number of nitrogens with one attached hydrogen (secondary N) is 1. The van der Waals surface area contributed by atoms with Crippen LogP contribution in [-0.4, -0.2) is 12.7 Å². The lowest BCUT2D eigenvalue weighted by Gasteiger charge is -2.28. The molecule has 0 atom stereocenters. The van der Waals surface area contributed by atoms with Crippen LogP contribution in [0.4, 0.5) is 10.5 Å². The topological polar surface area (TPSA) is 38.3 Å². The summed E-state index contributed by atoms with van der Waals surface area (Å²) in [7, 11) is 0. The maximum atomic E-state index is 12.2. The van der Waals surface area contributed by atoms with Crippen molar-refractivity contribution in [2.24, 2.45) is 0 Å². The van der Waals surface area contributed by atoms with Crippen LogP contribution in [0.2, 0.25) is 5.02 Å². The highest BCUT2D eigenvalue weighted by Gasteiger charge is 2.26. The van der Waals surface area contributed by atoms with Crippen molar-refractivity contribution in [3.63, 3.8) is 0 Å². The summed E-state index contributed by atoms with van der Waals surface area (Å²) in [6.45, 7) is 0.299. The smallest absolute Gasteiger partial charge is 0.411 e. The molecular weight excluding hydrogens is 346 g/mol. The van der Waals surface area contributed by atoms with Gasteiger partial charge in [-0.2, -0.15) is 0 Å². The number of hydrogen-bond acceptors (Lipinski definition) is 2. The van der Waals surface area contributed by atoms with Gasteiger partial charge in [-0.3, -0.25) is 5.32 Å². The van der Waals surface area contributed by atoms with Gasteiger partial charge in [0, 0.05) is 16.6 Å². The molecule has 3 aromatic carbocycles. The van der Waals surface area contributed by atoms with E-state index in [1.807, 2.05) is 12.1 Å². The number of benzene rings is 3. The molecule has 0 radical (unpaired) electrons. The van der Waals surface area contributed by atoms with Crippen LogP contribution in [0.5, 0.6) is 0 Å². The third-order valence-corrected chi connectivity index (χ3v) is 4.97. The highest BCUT2D eigenvalue weighted by Crippen LogP contribution is 2.36. The van der Waals surface area contributed by atoms with Crippen LogP contribution >= 0.6 is 11.6 Å². The second-order valence-corrected chi connectivity index (χ2v) is 6.79. The van der Waals surface area contributed by atoms with E-state index in [9.17, 15) is 4.79 Å². The first-order valence-electron chi connectivity index (χ1n) is 8.55. The summed E-state index contributed by atoms with van der Waals surface area (Å²) in [5, 5.41) is 3.36. The molecule has 0 aromatic heterocycles. The largest absolute Gasteiger partial charge is 0.448 e.